The van der Waals surface area contributed by atoms with E-state index in [0.29, 0.717) is 16.5 Å². The lowest BCUT2D eigenvalue weighted by atomic mass is 10.1. The Morgan fingerprint density at radius 2 is 1.89 bits per heavy atom. The summed E-state index contributed by atoms with van der Waals surface area (Å²) in [5, 5.41) is 6.75. The van der Waals surface area contributed by atoms with Crippen LogP contribution in [0.4, 0.5) is 5.88 Å². The number of aromatic nitrogens is 1. The molecule has 0 unspecified atom stereocenters. The van der Waals surface area contributed by atoms with Crippen molar-refractivity contribution in [2.24, 2.45) is 0 Å². The summed E-state index contributed by atoms with van der Waals surface area (Å²) in [6.07, 6.45) is 0. The zero-order valence-corrected chi connectivity index (χ0v) is 15.9. The van der Waals surface area contributed by atoms with Crippen molar-refractivity contribution in [1.82, 2.24) is 5.16 Å². The first-order valence-corrected chi connectivity index (χ1v) is 8.68. The molecule has 0 aliphatic rings. The number of ether oxygens (including phenoxy) is 2. The van der Waals surface area contributed by atoms with Gasteiger partial charge in [0.2, 0.25) is 5.88 Å². The standard InChI is InChI=1S/C20H17ClN2O5/c1-12-3-5-13(6-4-12)16-10-19(28-23-16)22-18(24)11-27-20(25)15-9-14(21)7-8-17(15)26-2/h3-10H,11H2,1-2H3,(H,22,24). The molecule has 0 aliphatic carbocycles. The van der Waals surface area contributed by atoms with Crippen LogP contribution in [0.25, 0.3) is 11.3 Å². The minimum atomic E-state index is -0.729. The van der Waals surface area contributed by atoms with Gasteiger partial charge in [0.15, 0.2) is 6.61 Å². The predicted molar refractivity (Wildman–Crippen MR) is 104 cm³/mol. The molecule has 0 bridgehead atoms. The molecule has 2 aromatic carbocycles. The Morgan fingerprint density at radius 1 is 1.14 bits per heavy atom. The van der Waals surface area contributed by atoms with Crippen LogP contribution in [0.3, 0.4) is 0 Å². The molecular weight excluding hydrogens is 384 g/mol. The molecule has 3 aromatic rings. The van der Waals surface area contributed by atoms with Crippen molar-refractivity contribution >= 4 is 29.4 Å². The smallest absolute Gasteiger partial charge is 0.342 e. The van der Waals surface area contributed by atoms with E-state index < -0.39 is 18.5 Å². The van der Waals surface area contributed by atoms with Gasteiger partial charge in [0, 0.05) is 16.7 Å². The number of carbonyl (C=O) groups is 2. The molecule has 1 N–H and O–H groups in total. The second-order valence-electron chi connectivity index (χ2n) is 5.91. The Balaban J connectivity index is 1.58. The van der Waals surface area contributed by atoms with E-state index in [1.807, 2.05) is 31.2 Å². The molecule has 0 spiro atoms. The van der Waals surface area contributed by atoms with Crippen LogP contribution >= 0.6 is 11.6 Å². The van der Waals surface area contributed by atoms with E-state index in [-0.39, 0.29) is 11.4 Å². The van der Waals surface area contributed by atoms with Crippen molar-refractivity contribution in [2.75, 3.05) is 19.0 Å². The lowest BCUT2D eigenvalue weighted by molar-refractivity contribution is -0.119. The van der Waals surface area contributed by atoms with Crippen LogP contribution in [0.15, 0.2) is 53.1 Å². The van der Waals surface area contributed by atoms with E-state index in [9.17, 15) is 9.59 Å². The van der Waals surface area contributed by atoms with Crippen molar-refractivity contribution in [3.8, 4) is 17.0 Å². The third-order valence-corrected chi connectivity index (χ3v) is 4.07. The van der Waals surface area contributed by atoms with Crippen LogP contribution in [0, 0.1) is 6.92 Å². The topological polar surface area (TPSA) is 90.7 Å². The Morgan fingerprint density at radius 3 is 2.61 bits per heavy atom. The van der Waals surface area contributed by atoms with Crippen molar-refractivity contribution in [3.63, 3.8) is 0 Å². The van der Waals surface area contributed by atoms with E-state index in [4.69, 9.17) is 25.6 Å². The Kier molecular flexibility index (Phi) is 5.96. The number of amides is 1. The molecule has 8 heteroatoms. The SMILES string of the molecule is COc1ccc(Cl)cc1C(=O)OCC(=O)Nc1cc(-c2ccc(C)cc2)no1. The van der Waals surface area contributed by atoms with Crippen LogP contribution in [-0.4, -0.2) is 30.7 Å². The highest BCUT2D eigenvalue weighted by atomic mass is 35.5. The fourth-order valence-electron chi connectivity index (χ4n) is 2.42. The first-order chi connectivity index (χ1) is 13.5. The van der Waals surface area contributed by atoms with Crippen LogP contribution < -0.4 is 10.1 Å². The molecule has 0 saturated heterocycles. The van der Waals surface area contributed by atoms with Gasteiger partial charge in [-0.2, -0.15) is 0 Å². The molecule has 0 saturated carbocycles. The van der Waals surface area contributed by atoms with Gasteiger partial charge in [-0.25, -0.2) is 4.79 Å². The number of esters is 1. The number of anilines is 1. The van der Waals surface area contributed by atoms with Crippen molar-refractivity contribution < 1.29 is 23.6 Å². The average Bonchev–Trinajstić information content (AvgIpc) is 3.15. The molecule has 3 rings (SSSR count). The summed E-state index contributed by atoms with van der Waals surface area (Å²) in [5.74, 6) is -0.849. The van der Waals surface area contributed by atoms with Gasteiger partial charge in [-0.1, -0.05) is 46.6 Å². The van der Waals surface area contributed by atoms with Gasteiger partial charge >= 0.3 is 5.97 Å². The minimum Gasteiger partial charge on any atom is -0.496 e. The quantitative estimate of drug-likeness (QED) is 0.626. The molecule has 0 atom stereocenters. The molecule has 1 amide bonds. The molecular formula is C20H17ClN2O5. The number of methoxy groups -OCH3 is 1. The number of hydrogen-bond donors (Lipinski definition) is 1. The zero-order chi connectivity index (χ0) is 20.1. The molecule has 0 radical (unpaired) electrons. The molecule has 0 fully saturated rings. The van der Waals surface area contributed by atoms with Crippen LogP contribution in [-0.2, 0) is 9.53 Å². The number of nitrogens with one attached hydrogen (secondary N) is 1. The monoisotopic (exact) mass is 400 g/mol. The van der Waals surface area contributed by atoms with Gasteiger partial charge in [-0.15, -0.1) is 0 Å². The lowest BCUT2D eigenvalue weighted by Gasteiger charge is -2.08. The van der Waals surface area contributed by atoms with Crippen molar-refractivity contribution in [2.45, 2.75) is 6.92 Å². The van der Waals surface area contributed by atoms with Gasteiger partial charge in [-0.05, 0) is 25.1 Å². The van der Waals surface area contributed by atoms with Crippen molar-refractivity contribution in [3.05, 3.63) is 64.7 Å². The number of nitrogens with zero attached hydrogens (tertiary/aromatic N) is 1. The maximum atomic E-state index is 12.2. The summed E-state index contributed by atoms with van der Waals surface area (Å²) in [5.41, 5.74) is 2.69. The van der Waals surface area contributed by atoms with Gasteiger partial charge in [0.05, 0.1) is 7.11 Å². The van der Waals surface area contributed by atoms with Crippen LogP contribution in [0.1, 0.15) is 15.9 Å². The number of hydrogen-bond acceptors (Lipinski definition) is 6. The van der Waals surface area contributed by atoms with Gasteiger partial charge in [-0.3, -0.25) is 10.1 Å². The van der Waals surface area contributed by atoms with E-state index >= 15 is 0 Å². The van der Waals surface area contributed by atoms with Crippen LogP contribution in [0.2, 0.25) is 5.02 Å². The highest BCUT2D eigenvalue weighted by molar-refractivity contribution is 6.31. The summed E-state index contributed by atoms with van der Waals surface area (Å²) in [6.45, 7) is 1.48. The fraction of sp³-hybridized carbons (Fsp3) is 0.150. The molecule has 1 heterocycles. The Bertz CT molecular complexity index is 998. The molecule has 1 aromatic heterocycles. The summed E-state index contributed by atoms with van der Waals surface area (Å²) >= 11 is 5.89. The Labute approximate surface area is 166 Å². The number of carbonyl (C=O) groups excluding carboxylic acids is 2. The Hall–Kier alpha value is -3.32. The van der Waals surface area contributed by atoms with E-state index in [0.717, 1.165) is 11.1 Å². The molecule has 144 valence electrons. The first-order valence-electron chi connectivity index (χ1n) is 8.30. The maximum absolute atomic E-state index is 12.2. The summed E-state index contributed by atoms with van der Waals surface area (Å²) in [4.78, 5) is 24.2. The molecule has 7 nitrogen and oxygen atoms in total. The number of rotatable bonds is 6. The maximum Gasteiger partial charge on any atom is 0.342 e. The number of benzene rings is 2. The average molecular weight is 401 g/mol. The van der Waals surface area contributed by atoms with E-state index in [2.05, 4.69) is 10.5 Å². The molecule has 28 heavy (non-hydrogen) atoms. The summed E-state index contributed by atoms with van der Waals surface area (Å²) in [7, 11) is 1.42. The largest absolute Gasteiger partial charge is 0.496 e. The minimum absolute atomic E-state index is 0.129. The fourth-order valence-corrected chi connectivity index (χ4v) is 2.59. The predicted octanol–water partition coefficient (Wildman–Crippen LogP) is 4.11. The zero-order valence-electron chi connectivity index (χ0n) is 15.2. The number of aryl methyl sites for hydroxylation is 1. The second kappa shape index (κ2) is 8.58. The third-order valence-electron chi connectivity index (χ3n) is 3.84. The van der Waals surface area contributed by atoms with E-state index in [1.54, 1.807) is 18.2 Å². The molecule has 0 aliphatic heterocycles. The van der Waals surface area contributed by atoms with E-state index in [1.165, 1.54) is 13.2 Å². The first kappa shape index (κ1) is 19.4. The normalized spacial score (nSPS) is 10.4. The van der Waals surface area contributed by atoms with Gasteiger partial charge in [0.1, 0.15) is 17.0 Å². The highest BCUT2D eigenvalue weighted by Crippen LogP contribution is 2.24. The van der Waals surface area contributed by atoms with Gasteiger partial charge < -0.3 is 14.0 Å². The summed E-state index contributed by atoms with van der Waals surface area (Å²) in [6, 6.07) is 13.8. The third kappa shape index (κ3) is 4.69. The van der Waals surface area contributed by atoms with Gasteiger partial charge in [0.25, 0.3) is 5.91 Å². The summed E-state index contributed by atoms with van der Waals surface area (Å²) < 4.78 is 15.2. The lowest BCUT2D eigenvalue weighted by Crippen LogP contribution is -2.21. The van der Waals surface area contributed by atoms with Crippen LogP contribution in [0.5, 0.6) is 5.75 Å². The number of halogens is 1. The second-order valence-corrected chi connectivity index (χ2v) is 6.35. The van der Waals surface area contributed by atoms with Crippen molar-refractivity contribution in [1.29, 1.82) is 0 Å². The highest BCUT2D eigenvalue weighted by Gasteiger charge is 2.17.